The van der Waals surface area contributed by atoms with Crippen LogP contribution in [0.2, 0.25) is 0 Å². The Morgan fingerprint density at radius 1 is 0.263 bits per heavy atom. The minimum Gasteiger partial charge on any atom is -0.310 e. The van der Waals surface area contributed by atoms with Crippen LogP contribution < -0.4 is 9.80 Å². The van der Waals surface area contributed by atoms with Crippen molar-refractivity contribution in [1.29, 1.82) is 0 Å². The number of fused-ring (bicyclic) bond motifs is 13. The quantitative estimate of drug-likeness (QED) is 0.150. The monoisotopic (exact) mass is 1020 g/mol. The van der Waals surface area contributed by atoms with Gasteiger partial charge in [-0.1, -0.05) is 267 Å². The molecule has 1 aliphatic heterocycles. The van der Waals surface area contributed by atoms with Gasteiger partial charge in [-0.15, -0.1) is 0 Å². The summed E-state index contributed by atoms with van der Waals surface area (Å²) in [6, 6.07) is 118. The largest absolute Gasteiger partial charge is 0.310 e. The molecule has 2 aliphatic carbocycles. The molecule has 374 valence electrons. The van der Waals surface area contributed by atoms with Gasteiger partial charge in [0.15, 0.2) is 0 Å². The summed E-state index contributed by atoms with van der Waals surface area (Å²) in [5.41, 5.74) is 25.2. The maximum absolute atomic E-state index is 2.60. The maximum atomic E-state index is 2.60. The molecule has 0 unspecified atom stereocenters. The Morgan fingerprint density at radius 2 is 0.713 bits per heavy atom. The number of benzene rings is 13. The third-order valence-electron chi connectivity index (χ3n) is 17.5. The van der Waals surface area contributed by atoms with Crippen LogP contribution in [0.15, 0.2) is 315 Å². The Labute approximate surface area is 467 Å². The number of nitrogens with zero attached hydrogens (tertiary/aromatic N) is 2. The van der Waals surface area contributed by atoms with Crippen molar-refractivity contribution in [3.05, 3.63) is 360 Å². The molecule has 0 aromatic heterocycles. The van der Waals surface area contributed by atoms with Crippen LogP contribution in [0, 0.1) is 0 Å². The average molecular weight is 1020 g/mol. The summed E-state index contributed by atoms with van der Waals surface area (Å²) in [5.74, 6) is 0. The zero-order valence-corrected chi connectivity index (χ0v) is 43.9. The van der Waals surface area contributed by atoms with Crippen LogP contribution in [-0.4, -0.2) is 0 Å². The standard InChI is InChI=1S/C78H52N2/c1-4-28-54(29-5-1)77(55-30-6-2-7-31-55)66-41-17-14-37-62(66)63-51-50-57(52-71(63)77)80(72-46-21-16-38-64(72)61-36-13-12-35-60(61)59-40-24-27-53-26-10-11-34-58(53)59)75-49-25-45-70-76(75)65-39-15-18-42-67(65)78(70)68-43-19-22-47-73(68)79(56-32-8-3-9-33-56)74-48-23-20-44-69(74)78/h1-52H. The Morgan fingerprint density at radius 3 is 1.40 bits per heavy atom. The van der Waals surface area contributed by atoms with Crippen LogP contribution in [0.25, 0.3) is 55.3 Å². The van der Waals surface area contributed by atoms with E-state index >= 15 is 0 Å². The highest BCUT2D eigenvalue weighted by Gasteiger charge is 2.53. The van der Waals surface area contributed by atoms with E-state index < -0.39 is 10.8 Å². The summed E-state index contributed by atoms with van der Waals surface area (Å²) in [6.45, 7) is 0. The molecule has 0 atom stereocenters. The number of hydrogen-bond acceptors (Lipinski definition) is 2. The minimum atomic E-state index is -0.651. The predicted molar refractivity (Wildman–Crippen MR) is 332 cm³/mol. The molecular formula is C78H52N2. The molecule has 0 fully saturated rings. The summed E-state index contributed by atoms with van der Waals surface area (Å²) < 4.78 is 0. The third-order valence-corrected chi connectivity index (χ3v) is 17.5. The smallest absolute Gasteiger partial charge is 0.0755 e. The molecule has 0 saturated carbocycles. The molecule has 0 radical (unpaired) electrons. The number of hydrogen-bond donors (Lipinski definition) is 0. The number of anilines is 6. The molecule has 13 aromatic carbocycles. The van der Waals surface area contributed by atoms with Gasteiger partial charge in [0, 0.05) is 22.5 Å². The highest BCUT2D eigenvalue weighted by atomic mass is 15.2. The van der Waals surface area contributed by atoms with E-state index in [0.717, 1.165) is 28.3 Å². The third kappa shape index (κ3) is 6.48. The van der Waals surface area contributed by atoms with Gasteiger partial charge in [-0.3, -0.25) is 0 Å². The van der Waals surface area contributed by atoms with Crippen LogP contribution in [0.3, 0.4) is 0 Å². The van der Waals surface area contributed by atoms with E-state index in [9.17, 15) is 0 Å². The molecular weight excluding hydrogens is 965 g/mol. The molecule has 2 nitrogen and oxygen atoms in total. The van der Waals surface area contributed by atoms with Gasteiger partial charge >= 0.3 is 0 Å². The highest BCUT2D eigenvalue weighted by Crippen LogP contribution is 2.66. The van der Waals surface area contributed by atoms with Gasteiger partial charge in [0.05, 0.1) is 33.6 Å². The molecule has 13 aromatic rings. The van der Waals surface area contributed by atoms with Crippen molar-refractivity contribution < 1.29 is 0 Å². The lowest BCUT2D eigenvalue weighted by Crippen LogP contribution is -2.36. The van der Waals surface area contributed by atoms with Crippen molar-refractivity contribution in [2.24, 2.45) is 0 Å². The van der Waals surface area contributed by atoms with Crippen molar-refractivity contribution in [2.45, 2.75) is 10.8 Å². The van der Waals surface area contributed by atoms with Crippen LogP contribution in [0.4, 0.5) is 34.1 Å². The van der Waals surface area contributed by atoms with E-state index in [1.807, 2.05) is 0 Å². The van der Waals surface area contributed by atoms with E-state index in [2.05, 4.69) is 325 Å². The summed E-state index contributed by atoms with van der Waals surface area (Å²) in [6.07, 6.45) is 0. The Kier molecular flexibility index (Phi) is 10.4. The van der Waals surface area contributed by atoms with Crippen molar-refractivity contribution in [2.75, 3.05) is 9.80 Å². The second-order valence-corrected chi connectivity index (χ2v) is 21.4. The molecule has 0 bridgehead atoms. The van der Waals surface area contributed by atoms with Gasteiger partial charge in [-0.05, 0) is 137 Å². The van der Waals surface area contributed by atoms with Crippen molar-refractivity contribution in [3.63, 3.8) is 0 Å². The Bertz CT molecular complexity index is 4470. The molecule has 3 aliphatic rings. The second kappa shape index (κ2) is 18.2. The van der Waals surface area contributed by atoms with Gasteiger partial charge < -0.3 is 9.80 Å². The van der Waals surface area contributed by atoms with Crippen LogP contribution >= 0.6 is 0 Å². The molecule has 1 spiro atoms. The lowest BCUT2D eigenvalue weighted by molar-refractivity contribution is 0.752. The second-order valence-electron chi connectivity index (χ2n) is 21.4. The molecule has 0 amide bonds. The summed E-state index contributed by atoms with van der Waals surface area (Å²) in [4.78, 5) is 5.06. The molecule has 0 N–H and O–H groups in total. The van der Waals surface area contributed by atoms with E-state index in [0.29, 0.717) is 0 Å². The van der Waals surface area contributed by atoms with Crippen molar-refractivity contribution >= 4 is 44.9 Å². The minimum absolute atomic E-state index is 0.605. The molecule has 16 rings (SSSR count). The van der Waals surface area contributed by atoms with Crippen LogP contribution in [0.1, 0.15) is 44.5 Å². The Hall–Kier alpha value is -10.3. The number of para-hydroxylation sites is 4. The fourth-order valence-electron chi connectivity index (χ4n) is 14.5. The van der Waals surface area contributed by atoms with Crippen LogP contribution in [0.5, 0.6) is 0 Å². The summed E-state index contributed by atoms with van der Waals surface area (Å²) >= 11 is 0. The van der Waals surface area contributed by atoms with Gasteiger partial charge in [-0.25, -0.2) is 0 Å². The van der Waals surface area contributed by atoms with Gasteiger partial charge in [0.1, 0.15) is 0 Å². The van der Waals surface area contributed by atoms with E-state index in [-0.39, 0.29) is 0 Å². The topological polar surface area (TPSA) is 6.48 Å². The fraction of sp³-hybridized carbons (Fsp3) is 0.0256. The summed E-state index contributed by atoms with van der Waals surface area (Å²) in [5, 5.41) is 2.45. The first kappa shape index (κ1) is 45.9. The first-order chi connectivity index (χ1) is 39.7. The van der Waals surface area contributed by atoms with E-state index in [1.165, 1.54) is 106 Å². The van der Waals surface area contributed by atoms with Crippen LogP contribution in [-0.2, 0) is 10.8 Å². The van der Waals surface area contributed by atoms with E-state index in [1.54, 1.807) is 0 Å². The zero-order chi connectivity index (χ0) is 52.8. The summed E-state index contributed by atoms with van der Waals surface area (Å²) in [7, 11) is 0. The average Bonchev–Trinajstić information content (AvgIpc) is 4.11. The lowest BCUT2D eigenvalue weighted by Gasteiger charge is -2.45. The molecule has 0 saturated heterocycles. The van der Waals surface area contributed by atoms with Gasteiger partial charge in [-0.2, -0.15) is 0 Å². The molecule has 2 heteroatoms. The first-order valence-electron chi connectivity index (χ1n) is 27.8. The van der Waals surface area contributed by atoms with Crippen molar-refractivity contribution in [3.8, 4) is 44.5 Å². The van der Waals surface area contributed by atoms with Gasteiger partial charge in [0.2, 0.25) is 0 Å². The van der Waals surface area contributed by atoms with Crippen molar-refractivity contribution in [1.82, 2.24) is 0 Å². The maximum Gasteiger partial charge on any atom is 0.0755 e. The molecule has 1 heterocycles. The van der Waals surface area contributed by atoms with E-state index in [4.69, 9.17) is 0 Å². The fourth-order valence-corrected chi connectivity index (χ4v) is 14.5. The zero-order valence-electron chi connectivity index (χ0n) is 43.9. The molecule has 80 heavy (non-hydrogen) atoms. The van der Waals surface area contributed by atoms with Gasteiger partial charge in [0.25, 0.3) is 0 Å². The number of rotatable bonds is 8. The first-order valence-corrected chi connectivity index (χ1v) is 27.8. The lowest BCUT2D eigenvalue weighted by atomic mass is 9.64. The predicted octanol–water partition coefficient (Wildman–Crippen LogP) is 20.2. The Balaban J connectivity index is 1.01. The normalized spacial score (nSPS) is 13.7. The highest BCUT2D eigenvalue weighted by molar-refractivity contribution is 6.06. The SMILES string of the molecule is c1ccc(N2c3ccccc3C3(c4ccccc4-c4c(N(c5ccc6c(c5)C(c5ccccc5)(c5ccccc5)c5ccccc5-6)c5ccccc5-c5ccccc5-c5cccc6ccccc56)cccc43)c3ccccc32)cc1.